The van der Waals surface area contributed by atoms with E-state index in [0.717, 1.165) is 31.1 Å². The Bertz CT molecular complexity index is 1010. The van der Waals surface area contributed by atoms with Gasteiger partial charge >= 0.3 is 0 Å². The first kappa shape index (κ1) is 20.3. The SMILES string of the molecule is O=C1NC(=S)N(c2ccc(Cl)cc2)C(=O)C1=Cc1sc(N2CCCCC2)nc1Cl. The van der Waals surface area contributed by atoms with Gasteiger partial charge in [-0.2, -0.15) is 0 Å². The number of rotatable bonds is 3. The lowest BCUT2D eigenvalue weighted by molar-refractivity contribution is -0.122. The Morgan fingerprint density at radius 1 is 1.10 bits per heavy atom. The summed E-state index contributed by atoms with van der Waals surface area (Å²) in [6.45, 7) is 1.86. The number of hydrogen-bond donors (Lipinski definition) is 1. The lowest BCUT2D eigenvalue weighted by atomic mass is 10.1. The normalized spacial score (nSPS) is 19.1. The van der Waals surface area contributed by atoms with Gasteiger partial charge < -0.3 is 4.90 Å². The van der Waals surface area contributed by atoms with Crippen molar-refractivity contribution in [3.8, 4) is 0 Å². The second-order valence-corrected chi connectivity index (χ2v) is 8.82. The van der Waals surface area contributed by atoms with Gasteiger partial charge in [-0.25, -0.2) is 4.98 Å². The molecular formula is C19H16Cl2N4O2S2. The highest BCUT2D eigenvalue weighted by atomic mass is 35.5. The molecule has 2 aliphatic heterocycles. The van der Waals surface area contributed by atoms with Gasteiger partial charge in [-0.1, -0.05) is 34.5 Å². The Hall–Kier alpha value is -2.00. The molecule has 2 aromatic rings. The molecular weight excluding hydrogens is 451 g/mol. The van der Waals surface area contributed by atoms with Crippen molar-refractivity contribution >= 4 is 80.6 Å². The first-order chi connectivity index (χ1) is 13.9. The number of benzene rings is 1. The molecule has 6 nitrogen and oxygen atoms in total. The lowest BCUT2D eigenvalue weighted by Gasteiger charge is -2.28. The Kier molecular flexibility index (Phi) is 5.87. The fourth-order valence-corrected chi connectivity index (χ4v) is 4.88. The van der Waals surface area contributed by atoms with E-state index in [0.29, 0.717) is 15.6 Å². The Morgan fingerprint density at radius 2 is 1.79 bits per heavy atom. The summed E-state index contributed by atoms with van der Waals surface area (Å²) in [6.07, 6.45) is 4.92. The van der Waals surface area contributed by atoms with Crippen LogP contribution in [0.3, 0.4) is 0 Å². The molecule has 0 spiro atoms. The minimum Gasteiger partial charge on any atom is -0.348 e. The van der Waals surface area contributed by atoms with E-state index in [4.69, 9.17) is 35.4 Å². The maximum Gasteiger partial charge on any atom is 0.270 e. The number of halogens is 2. The van der Waals surface area contributed by atoms with Crippen LogP contribution in [0.1, 0.15) is 24.1 Å². The number of amides is 2. The topological polar surface area (TPSA) is 65.5 Å². The van der Waals surface area contributed by atoms with Crippen molar-refractivity contribution < 1.29 is 9.59 Å². The zero-order valence-corrected chi connectivity index (χ0v) is 18.3. The highest BCUT2D eigenvalue weighted by Gasteiger charge is 2.35. The molecule has 4 rings (SSSR count). The Labute approximate surface area is 187 Å². The Balaban J connectivity index is 1.66. The summed E-state index contributed by atoms with van der Waals surface area (Å²) in [5.41, 5.74) is 0.462. The summed E-state index contributed by atoms with van der Waals surface area (Å²) in [5.74, 6) is -1.08. The summed E-state index contributed by atoms with van der Waals surface area (Å²) in [7, 11) is 0. The highest BCUT2D eigenvalue weighted by molar-refractivity contribution is 7.80. The van der Waals surface area contributed by atoms with E-state index in [1.54, 1.807) is 24.3 Å². The van der Waals surface area contributed by atoms with Crippen molar-refractivity contribution in [2.45, 2.75) is 19.3 Å². The molecule has 1 aromatic heterocycles. The number of anilines is 2. The van der Waals surface area contributed by atoms with Crippen LogP contribution in [0.2, 0.25) is 10.2 Å². The number of nitrogens with one attached hydrogen (secondary N) is 1. The monoisotopic (exact) mass is 466 g/mol. The van der Waals surface area contributed by atoms with Crippen LogP contribution in [0, 0.1) is 0 Å². The standard InChI is InChI=1S/C19H16Cl2N4O2S2/c20-11-4-6-12(7-5-11)25-17(27)13(16(26)23-18(25)28)10-14-15(21)22-19(29-14)24-8-2-1-3-9-24/h4-7,10H,1-3,8-9H2,(H,23,26,28). The average molecular weight is 467 g/mol. The molecule has 1 aromatic carbocycles. The van der Waals surface area contributed by atoms with Crippen LogP contribution >= 0.6 is 46.8 Å². The molecule has 0 atom stereocenters. The van der Waals surface area contributed by atoms with Gasteiger partial charge in [-0.05, 0) is 61.8 Å². The van der Waals surface area contributed by atoms with E-state index in [2.05, 4.69) is 15.2 Å². The predicted molar refractivity (Wildman–Crippen MR) is 121 cm³/mol. The molecule has 29 heavy (non-hydrogen) atoms. The largest absolute Gasteiger partial charge is 0.348 e. The third kappa shape index (κ3) is 4.16. The molecule has 0 unspecified atom stereocenters. The van der Waals surface area contributed by atoms with Crippen LogP contribution in [0.4, 0.5) is 10.8 Å². The fourth-order valence-electron chi connectivity index (χ4n) is 3.23. The van der Waals surface area contributed by atoms with Crippen LogP contribution in [0.5, 0.6) is 0 Å². The van der Waals surface area contributed by atoms with E-state index in [1.807, 2.05) is 0 Å². The number of carbonyl (C=O) groups excluding carboxylic acids is 2. The van der Waals surface area contributed by atoms with Gasteiger partial charge in [0, 0.05) is 18.1 Å². The quantitative estimate of drug-likeness (QED) is 0.415. The van der Waals surface area contributed by atoms with Gasteiger partial charge in [-0.15, -0.1) is 0 Å². The number of nitrogens with zero attached hydrogens (tertiary/aromatic N) is 3. The van der Waals surface area contributed by atoms with Crippen molar-refractivity contribution in [1.29, 1.82) is 0 Å². The zero-order chi connectivity index (χ0) is 20.5. The van der Waals surface area contributed by atoms with Gasteiger partial charge in [0.25, 0.3) is 11.8 Å². The molecule has 1 N–H and O–H groups in total. The third-order valence-electron chi connectivity index (χ3n) is 4.69. The fraction of sp³-hybridized carbons (Fsp3) is 0.263. The van der Waals surface area contributed by atoms with Gasteiger partial charge in [0.1, 0.15) is 10.7 Å². The van der Waals surface area contributed by atoms with Crippen molar-refractivity contribution in [2.75, 3.05) is 22.9 Å². The van der Waals surface area contributed by atoms with Crippen LogP contribution < -0.4 is 15.1 Å². The predicted octanol–water partition coefficient (Wildman–Crippen LogP) is 4.27. The molecule has 3 heterocycles. The number of hydrogen-bond acceptors (Lipinski definition) is 6. The first-order valence-corrected chi connectivity index (χ1v) is 11.0. The number of thiazole rings is 1. The smallest absolute Gasteiger partial charge is 0.270 e. The van der Waals surface area contributed by atoms with Crippen molar-refractivity contribution in [3.05, 3.63) is 44.9 Å². The summed E-state index contributed by atoms with van der Waals surface area (Å²) in [5, 5.41) is 4.18. The van der Waals surface area contributed by atoms with Crippen molar-refractivity contribution in [1.82, 2.24) is 10.3 Å². The number of thiocarbonyl (C=S) groups is 1. The second-order valence-electron chi connectivity index (χ2n) is 6.63. The summed E-state index contributed by atoms with van der Waals surface area (Å²) >= 11 is 18.8. The van der Waals surface area contributed by atoms with Crippen LogP contribution in [0.25, 0.3) is 6.08 Å². The maximum atomic E-state index is 13.1. The van der Waals surface area contributed by atoms with Crippen LogP contribution in [-0.4, -0.2) is 35.0 Å². The highest BCUT2D eigenvalue weighted by Crippen LogP contribution is 2.34. The molecule has 0 saturated carbocycles. The first-order valence-electron chi connectivity index (χ1n) is 9.02. The van der Waals surface area contributed by atoms with E-state index in [1.165, 1.54) is 28.7 Å². The molecule has 0 radical (unpaired) electrons. The number of piperidine rings is 1. The molecule has 10 heteroatoms. The van der Waals surface area contributed by atoms with E-state index < -0.39 is 11.8 Å². The minimum absolute atomic E-state index is 0.0175. The van der Waals surface area contributed by atoms with Gasteiger partial charge in [0.2, 0.25) is 0 Å². The van der Waals surface area contributed by atoms with Crippen LogP contribution in [-0.2, 0) is 9.59 Å². The Morgan fingerprint density at radius 3 is 2.48 bits per heavy atom. The molecule has 2 amide bonds. The van der Waals surface area contributed by atoms with E-state index in [-0.39, 0.29) is 15.8 Å². The summed E-state index contributed by atoms with van der Waals surface area (Å²) in [4.78, 5) is 34.0. The third-order valence-corrected chi connectivity index (χ3v) is 6.69. The van der Waals surface area contributed by atoms with Crippen molar-refractivity contribution in [2.24, 2.45) is 0 Å². The summed E-state index contributed by atoms with van der Waals surface area (Å²) < 4.78 is 0. The zero-order valence-electron chi connectivity index (χ0n) is 15.2. The summed E-state index contributed by atoms with van der Waals surface area (Å²) in [6, 6.07) is 6.63. The van der Waals surface area contributed by atoms with E-state index >= 15 is 0 Å². The number of carbonyl (C=O) groups is 2. The van der Waals surface area contributed by atoms with Gasteiger partial charge in [0.15, 0.2) is 10.2 Å². The molecule has 2 aliphatic rings. The number of aromatic nitrogens is 1. The molecule has 2 fully saturated rings. The maximum absolute atomic E-state index is 13.1. The van der Waals surface area contributed by atoms with Crippen LogP contribution in [0.15, 0.2) is 29.8 Å². The van der Waals surface area contributed by atoms with E-state index in [9.17, 15) is 9.59 Å². The van der Waals surface area contributed by atoms with Gasteiger partial charge in [0.05, 0.1) is 10.6 Å². The van der Waals surface area contributed by atoms with Gasteiger partial charge in [-0.3, -0.25) is 19.8 Å². The molecule has 0 aliphatic carbocycles. The average Bonchev–Trinajstić information content (AvgIpc) is 3.07. The van der Waals surface area contributed by atoms with Crippen molar-refractivity contribution in [3.63, 3.8) is 0 Å². The second kappa shape index (κ2) is 8.39. The molecule has 2 saturated heterocycles. The lowest BCUT2D eigenvalue weighted by Crippen LogP contribution is -2.54. The molecule has 150 valence electrons. The molecule has 0 bridgehead atoms. The minimum atomic E-state index is -0.561.